The molecule has 130 valence electrons. The summed E-state index contributed by atoms with van der Waals surface area (Å²) in [5.41, 5.74) is -0.159. The van der Waals surface area contributed by atoms with E-state index in [-0.39, 0.29) is 16.5 Å². The summed E-state index contributed by atoms with van der Waals surface area (Å²) in [5, 5.41) is 15.1. The van der Waals surface area contributed by atoms with E-state index in [0.717, 1.165) is 12.8 Å². The molecule has 1 aromatic carbocycles. The molecule has 2 rings (SSSR count). The Kier molecular flexibility index (Phi) is 5.49. The van der Waals surface area contributed by atoms with Gasteiger partial charge >= 0.3 is 5.97 Å². The molecule has 0 aromatic heterocycles. The average Bonchev–Trinajstić information content (AvgIpc) is 2.48. The van der Waals surface area contributed by atoms with E-state index in [1.807, 2.05) is 0 Å². The van der Waals surface area contributed by atoms with Crippen molar-refractivity contribution < 1.29 is 19.5 Å². The lowest BCUT2D eigenvalue weighted by molar-refractivity contribution is -0.145. The molecule has 2 atom stereocenters. The number of carbonyl (C=O) groups is 3. The van der Waals surface area contributed by atoms with Gasteiger partial charge in [0.25, 0.3) is 5.91 Å². The predicted molar refractivity (Wildman–Crippen MR) is 91.2 cm³/mol. The summed E-state index contributed by atoms with van der Waals surface area (Å²) in [6.07, 6.45) is 2.83. The van der Waals surface area contributed by atoms with E-state index in [1.54, 1.807) is 13.0 Å². The average molecular weight is 353 g/mol. The molecule has 0 bridgehead atoms. The number of hydrogen-bond acceptors (Lipinski definition) is 3. The standard InChI is InChI=1S/C17H21ClN2O4/c1-10(21)19-11-6-7-14(18)12(9-11)15(22)20-17(2)8-4-3-5-13(17)16(23)24/h6-7,9,13H,3-5,8H2,1-2H3,(H,19,21)(H,20,22)(H,23,24). The summed E-state index contributed by atoms with van der Waals surface area (Å²) in [6.45, 7) is 3.13. The van der Waals surface area contributed by atoms with Crippen molar-refractivity contribution in [1.29, 1.82) is 0 Å². The largest absolute Gasteiger partial charge is 0.481 e. The lowest BCUT2D eigenvalue weighted by Crippen LogP contribution is -2.55. The zero-order valence-corrected chi connectivity index (χ0v) is 14.4. The fourth-order valence-corrected chi connectivity index (χ4v) is 3.39. The van der Waals surface area contributed by atoms with Crippen molar-refractivity contribution in [3.8, 4) is 0 Å². The van der Waals surface area contributed by atoms with Gasteiger partial charge in [-0.25, -0.2) is 0 Å². The molecule has 0 saturated heterocycles. The van der Waals surface area contributed by atoms with Gasteiger partial charge in [0.05, 0.1) is 22.0 Å². The quantitative estimate of drug-likeness (QED) is 0.776. The molecule has 1 fully saturated rings. The van der Waals surface area contributed by atoms with Gasteiger partial charge in [0.15, 0.2) is 0 Å². The highest BCUT2D eigenvalue weighted by Gasteiger charge is 2.42. The van der Waals surface area contributed by atoms with Crippen molar-refractivity contribution in [3.63, 3.8) is 0 Å². The Balaban J connectivity index is 2.25. The molecule has 3 N–H and O–H groups in total. The normalized spacial score (nSPS) is 23.4. The van der Waals surface area contributed by atoms with Crippen LogP contribution < -0.4 is 10.6 Å². The minimum Gasteiger partial charge on any atom is -0.481 e. The molecule has 1 saturated carbocycles. The van der Waals surface area contributed by atoms with Crippen LogP contribution in [0.25, 0.3) is 0 Å². The van der Waals surface area contributed by atoms with Crippen molar-refractivity contribution in [3.05, 3.63) is 28.8 Å². The first-order valence-corrected chi connectivity index (χ1v) is 8.23. The van der Waals surface area contributed by atoms with Gasteiger partial charge in [-0.15, -0.1) is 0 Å². The summed E-state index contributed by atoms with van der Waals surface area (Å²) in [4.78, 5) is 35.3. The Morgan fingerprint density at radius 1 is 1.29 bits per heavy atom. The molecule has 0 heterocycles. The maximum Gasteiger partial charge on any atom is 0.308 e. The minimum atomic E-state index is -0.907. The molecule has 0 aliphatic heterocycles. The van der Waals surface area contributed by atoms with Gasteiger partial charge < -0.3 is 15.7 Å². The topological polar surface area (TPSA) is 95.5 Å². The molecule has 1 aromatic rings. The highest BCUT2D eigenvalue weighted by Crippen LogP contribution is 2.34. The zero-order chi connectivity index (χ0) is 17.9. The Morgan fingerprint density at radius 3 is 2.62 bits per heavy atom. The van der Waals surface area contributed by atoms with Crippen LogP contribution in [0.3, 0.4) is 0 Å². The number of nitrogens with one attached hydrogen (secondary N) is 2. The van der Waals surface area contributed by atoms with Crippen LogP contribution in [0.2, 0.25) is 5.02 Å². The monoisotopic (exact) mass is 352 g/mol. The fourth-order valence-electron chi connectivity index (χ4n) is 3.19. The number of hydrogen-bond donors (Lipinski definition) is 3. The summed E-state index contributed by atoms with van der Waals surface area (Å²) >= 11 is 6.10. The van der Waals surface area contributed by atoms with Gasteiger partial charge in [0.1, 0.15) is 0 Å². The first kappa shape index (κ1) is 18.3. The number of halogens is 1. The number of carbonyl (C=O) groups excluding carboxylic acids is 2. The maximum atomic E-state index is 12.6. The molecule has 0 radical (unpaired) electrons. The Bertz CT molecular complexity index is 677. The number of carboxylic acid groups (broad SMARTS) is 1. The van der Waals surface area contributed by atoms with E-state index in [1.165, 1.54) is 19.1 Å². The van der Waals surface area contributed by atoms with Crippen LogP contribution in [0.5, 0.6) is 0 Å². The maximum absolute atomic E-state index is 12.6. The van der Waals surface area contributed by atoms with Crippen LogP contribution in [0.4, 0.5) is 5.69 Å². The molecular formula is C17H21ClN2O4. The second kappa shape index (κ2) is 7.21. The molecule has 0 spiro atoms. The van der Waals surface area contributed by atoms with Crippen LogP contribution in [0.1, 0.15) is 49.9 Å². The van der Waals surface area contributed by atoms with Crippen LogP contribution in [0, 0.1) is 5.92 Å². The van der Waals surface area contributed by atoms with E-state index in [9.17, 15) is 19.5 Å². The SMILES string of the molecule is CC(=O)Nc1ccc(Cl)c(C(=O)NC2(C)CCCCC2C(=O)O)c1. The van der Waals surface area contributed by atoms with E-state index < -0.39 is 23.3 Å². The number of amides is 2. The van der Waals surface area contributed by atoms with E-state index in [2.05, 4.69) is 10.6 Å². The first-order chi connectivity index (χ1) is 11.2. The molecule has 1 aliphatic carbocycles. The fraction of sp³-hybridized carbons (Fsp3) is 0.471. The third-order valence-electron chi connectivity index (χ3n) is 4.44. The number of carboxylic acids is 1. The van der Waals surface area contributed by atoms with Crippen molar-refractivity contribution in [2.24, 2.45) is 5.92 Å². The minimum absolute atomic E-state index is 0.207. The summed E-state index contributed by atoms with van der Waals surface area (Å²) < 4.78 is 0. The van der Waals surface area contributed by atoms with Crippen LogP contribution in [0.15, 0.2) is 18.2 Å². The number of rotatable bonds is 4. The lowest BCUT2D eigenvalue weighted by Gasteiger charge is -2.39. The summed E-state index contributed by atoms with van der Waals surface area (Å²) in [7, 11) is 0. The van der Waals surface area contributed by atoms with Gasteiger partial charge in [-0.05, 0) is 38.0 Å². The molecule has 2 unspecified atom stereocenters. The van der Waals surface area contributed by atoms with Gasteiger partial charge in [-0.1, -0.05) is 24.4 Å². The van der Waals surface area contributed by atoms with Crippen LogP contribution in [-0.2, 0) is 9.59 Å². The summed E-state index contributed by atoms with van der Waals surface area (Å²) in [5.74, 6) is -2.24. The highest BCUT2D eigenvalue weighted by atomic mass is 35.5. The highest BCUT2D eigenvalue weighted by molar-refractivity contribution is 6.34. The van der Waals surface area contributed by atoms with E-state index >= 15 is 0 Å². The van der Waals surface area contributed by atoms with E-state index in [4.69, 9.17) is 11.6 Å². The third-order valence-corrected chi connectivity index (χ3v) is 4.77. The third kappa shape index (κ3) is 4.06. The van der Waals surface area contributed by atoms with Gasteiger partial charge in [0.2, 0.25) is 5.91 Å². The molecule has 7 heteroatoms. The second-order valence-corrected chi connectivity index (χ2v) is 6.79. The van der Waals surface area contributed by atoms with Crippen molar-refractivity contribution >= 4 is 35.1 Å². The molecule has 2 amide bonds. The van der Waals surface area contributed by atoms with E-state index in [0.29, 0.717) is 18.5 Å². The van der Waals surface area contributed by atoms with Crippen LogP contribution in [-0.4, -0.2) is 28.4 Å². The molecule has 24 heavy (non-hydrogen) atoms. The number of aliphatic carboxylic acids is 1. The van der Waals surface area contributed by atoms with Gasteiger partial charge in [0, 0.05) is 12.6 Å². The van der Waals surface area contributed by atoms with Crippen molar-refractivity contribution in [2.75, 3.05) is 5.32 Å². The molecule has 6 nitrogen and oxygen atoms in total. The number of benzene rings is 1. The smallest absolute Gasteiger partial charge is 0.308 e. The predicted octanol–water partition coefficient (Wildman–Crippen LogP) is 3.06. The Labute approximate surface area is 145 Å². The van der Waals surface area contributed by atoms with Gasteiger partial charge in [-0.2, -0.15) is 0 Å². The van der Waals surface area contributed by atoms with Crippen LogP contribution >= 0.6 is 11.6 Å². The molecular weight excluding hydrogens is 332 g/mol. The summed E-state index contributed by atoms with van der Waals surface area (Å²) in [6, 6.07) is 4.61. The van der Waals surface area contributed by atoms with Crippen molar-refractivity contribution in [1.82, 2.24) is 5.32 Å². The first-order valence-electron chi connectivity index (χ1n) is 7.85. The zero-order valence-electron chi connectivity index (χ0n) is 13.7. The lowest BCUT2D eigenvalue weighted by atomic mass is 9.73. The second-order valence-electron chi connectivity index (χ2n) is 6.38. The Hall–Kier alpha value is -2.08. The number of anilines is 1. The van der Waals surface area contributed by atoms with Gasteiger partial charge in [-0.3, -0.25) is 14.4 Å². The Morgan fingerprint density at radius 2 is 2.00 bits per heavy atom. The van der Waals surface area contributed by atoms with Crippen molar-refractivity contribution in [2.45, 2.75) is 45.1 Å². The molecule has 1 aliphatic rings.